The minimum Gasteiger partial charge on any atom is -0.313 e. The van der Waals surface area contributed by atoms with Crippen molar-refractivity contribution in [3.8, 4) is 0 Å². The van der Waals surface area contributed by atoms with Crippen molar-refractivity contribution in [2.24, 2.45) is 0 Å². The Morgan fingerprint density at radius 3 is 2.88 bits per heavy atom. The van der Waals surface area contributed by atoms with Gasteiger partial charge in [-0.2, -0.15) is 0 Å². The Morgan fingerprint density at radius 2 is 2.24 bits per heavy atom. The quantitative estimate of drug-likeness (QED) is 0.560. The molecular weight excluding hydrogens is 294 g/mol. The van der Waals surface area contributed by atoms with E-state index in [1.807, 2.05) is 23.9 Å². The summed E-state index contributed by atoms with van der Waals surface area (Å²) >= 11 is 5.47. The van der Waals surface area contributed by atoms with Crippen LogP contribution >= 0.6 is 27.7 Å². The molecule has 1 nitrogen and oxygen atoms in total. The third kappa shape index (κ3) is 5.75. The second kappa shape index (κ2) is 8.78. The molecule has 1 rings (SSSR count). The van der Waals surface area contributed by atoms with Gasteiger partial charge < -0.3 is 5.32 Å². The van der Waals surface area contributed by atoms with Crippen LogP contribution in [0.15, 0.2) is 46.3 Å². The minimum atomic E-state index is 0.518. The molecular formula is C14H20BrNS. The van der Waals surface area contributed by atoms with Crippen LogP contribution in [0.25, 0.3) is 0 Å². The highest BCUT2D eigenvalue weighted by Gasteiger charge is 2.07. The highest BCUT2D eigenvalue weighted by atomic mass is 79.9. The van der Waals surface area contributed by atoms with Crippen LogP contribution in [0.4, 0.5) is 0 Å². The molecule has 1 aromatic carbocycles. The van der Waals surface area contributed by atoms with E-state index in [1.165, 1.54) is 15.8 Å². The molecule has 0 fully saturated rings. The molecule has 0 aliphatic carbocycles. The molecule has 1 N–H and O–H groups in total. The Balaban J connectivity index is 2.45. The lowest BCUT2D eigenvalue weighted by molar-refractivity contribution is 0.558. The molecule has 0 aromatic heterocycles. The zero-order chi connectivity index (χ0) is 12.5. The number of rotatable bonds is 8. The van der Waals surface area contributed by atoms with Gasteiger partial charge in [-0.3, -0.25) is 0 Å². The summed E-state index contributed by atoms with van der Waals surface area (Å²) in [6, 6.07) is 8.88. The van der Waals surface area contributed by atoms with Gasteiger partial charge in [0, 0.05) is 21.2 Å². The second-order valence-electron chi connectivity index (χ2n) is 3.92. The van der Waals surface area contributed by atoms with Crippen molar-refractivity contribution in [1.82, 2.24) is 5.32 Å². The van der Waals surface area contributed by atoms with Crippen molar-refractivity contribution in [2.45, 2.75) is 30.7 Å². The lowest BCUT2D eigenvalue weighted by Crippen LogP contribution is -2.31. The number of halogens is 1. The van der Waals surface area contributed by atoms with Crippen molar-refractivity contribution in [1.29, 1.82) is 0 Å². The third-order valence-corrected chi connectivity index (χ3v) is 4.60. The second-order valence-corrected chi connectivity index (χ2v) is 5.83. The van der Waals surface area contributed by atoms with Crippen LogP contribution in [0.2, 0.25) is 0 Å². The van der Waals surface area contributed by atoms with Gasteiger partial charge in [0.05, 0.1) is 0 Å². The monoisotopic (exact) mass is 313 g/mol. The van der Waals surface area contributed by atoms with Gasteiger partial charge in [-0.1, -0.05) is 25.1 Å². The van der Waals surface area contributed by atoms with Crippen LogP contribution in [0, 0.1) is 0 Å². The van der Waals surface area contributed by atoms with Crippen molar-refractivity contribution < 1.29 is 0 Å². The predicted octanol–water partition coefficient (Wildman–Crippen LogP) is 4.49. The molecule has 0 bridgehead atoms. The Hall–Kier alpha value is -0.250. The summed E-state index contributed by atoms with van der Waals surface area (Å²) in [5, 5.41) is 3.55. The lowest BCUT2D eigenvalue weighted by Gasteiger charge is -2.16. The van der Waals surface area contributed by atoms with Crippen molar-refractivity contribution in [3.05, 3.63) is 41.4 Å². The Bertz CT molecular complexity index is 341. The number of hydrogen-bond acceptors (Lipinski definition) is 2. The molecule has 0 radical (unpaired) electrons. The molecule has 17 heavy (non-hydrogen) atoms. The van der Waals surface area contributed by atoms with Crippen LogP contribution in [0.3, 0.4) is 0 Å². The molecule has 1 aromatic rings. The number of hydrogen-bond donors (Lipinski definition) is 1. The average Bonchev–Trinajstić information content (AvgIpc) is 2.34. The first-order valence-corrected chi connectivity index (χ1v) is 7.77. The predicted molar refractivity (Wildman–Crippen MR) is 81.8 cm³/mol. The average molecular weight is 314 g/mol. The van der Waals surface area contributed by atoms with Gasteiger partial charge >= 0.3 is 0 Å². The van der Waals surface area contributed by atoms with Crippen molar-refractivity contribution in [2.75, 3.05) is 12.3 Å². The van der Waals surface area contributed by atoms with E-state index in [9.17, 15) is 0 Å². The largest absolute Gasteiger partial charge is 0.313 e. The number of nitrogens with one attached hydrogen (secondary N) is 1. The highest BCUT2D eigenvalue weighted by molar-refractivity contribution is 9.10. The summed E-state index contributed by atoms with van der Waals surface area (Å²) in [7, 11) is 0. The van der Waals surface area contributed by atoms with E-state index in [2.05, 4.69) is 52.9 Å². The summed E-state index contributed by atoms with van der Waals surface area (Å²) in [4.78, 5) is 1.31. The maximum absolute atomic E-state index is 3.82. The Kier molecular flexibility index (Phi) is 7.65. The Labute approximate surface area is 117 Å². The van der Waals surface area contributed by atoms with Gasteiger partial charge in [0.2, 0.25) is 0 Å². The van der Waals surface area contributed by atoms with Crippen molar-refractivity contribution in [3.63, 3.8) is 0 Å². The summed E-state index contributed by atoms with van der Waals surface area (Å²) < 4.78 is 1.18. The summed E-state index contributed by atoms with van der Waals surface area (Å²) in [6.07, 6.45) is 4.19. The maximum atomic E-state index is 3.82. The molecule has 3 heteroatoms. The van der Waals surface area contributed by atoms with Gasteiger partial charge in [-0.15, -0.1) is 18.3 Å². The van der Waals surface area contributed by atoms with Gasteiger partial charge in [-0.25, -0.2) is 0 Å². The first kappa shape index (κ1) is 14.8. The normalized spacial score (nSPS) is 12.4. The zero-order valence-corrected chi connectivity index (χ0v) is 12.7. The molecule has 0 heterocycles. The van der Waals surface area contributed by atoms with E-state index in [4.69, 9.17) is 0 Å². The van der Waals surface area contributed by atoms with E-state index in [0.29, 0.717) is 6.04 Å². The van der Waals surface area contributed by atoms with Crippen LogP contribution in [-0.2, 0) is 0 Å². The van der Waals surface area contributed by atoms with Crippen LogP contribution in [-0.4, -0.2) is 18.3 Å². The molecule has 0 aliphatic rings. The van der Waals surface area contributed by atoms with Gasteiger partial charge in [0.15, 0.2) is 0 Å². The van der Waals surface area contributed by atoms with Crippen LogP contribution < -0.4 is 5.32 Å². The van der Waals surface area contributed by atoms with Crippen molar-refractivity contribution >= 4 is 27.7 Å². The maximum Gasteiger partial charge on any atom is 0.0311 e. The summed E-state index contributed by atoms with van der Waals surface area (Å²) in [6.45, 7) is 7.09. The molecule has 0 aliphatic heterocycles. The minimum absolute atomic E-state index is 0.518. The molecule has 0 spiro atoms. The highest BCUT2D eigenvalue weighted by Crippen LogP contribution is 2.27. The molecule has 1 atom stereocenters. The lowest BCUT2D eigenvalue weighted by atomic mass is 10.2. The topological polar surface area (TPSA) is 12.0 Å². The van der Waals surface area contributed by atoms with Gasteiger partial charge in [0.1, 0.15) is 0 Å². The number of thioether (sulfide) groups is 1. The molecule has 1 unspecified atom stereocenters. The fourth-order valence-electron chi connectivity index (χ4n) is 1.51. The first-order chi connectivity index (χ1) is 8.27. The van der Waals surface area contributed by atoms with E-state index >= 15 is 0 Å². The first-order valence-electron chi connectivity index (χ1n) is 5.99. The fraction of sp³-hybridized carbons (Fsp3) is 0.429. The SMILES string of the molecule is C=CCC(CSc1ccccc1Br)NCCC. The molecule has 0 saturated carbocycles. The van der Waals surface area contributed by atoms with E-state index in [-0.39, 0.29) is 0 Å². The molecule has 0 saturated heterocycles. The molecule has 0 amide bonds. The third-order valence-electron chi connectivity index (χ3n) is 2.41. The zero-order valence-electron chi connectivity index (χ0n) is 10.3. The van der Waals surface area contributed by atoms with E-state index < -0.39 is 0 Å². The van der Waals surface area contributed by atoms with Crippen LogP contribution in [0.5, 0.6) is 0 Å². The summed E-state index contributed by atoms with van der Waals surface area (Å²) in [5.41, 5.74) is 0. The van der Waals surface area contributed by atoms with Gasteiger partial charge in [-0.05, 0) is 47.4 Å². The number of benzene rings is 1. The van der Waals surface area contributed by atoms with E-state index in [0.717, 1.165) is 18.7 Å². The molecule has 94 valence electrons. The Morgan fingerprint density at radius 1 is 1.47 bits per heavy atom. The fourth-order valence-corrected chi connectivity index (χ4v) is 3.16. The van der Waals surface area contributed by atoms with Gasteiger partial charge in [0.25, 0.3) is 0 Å². The summed E-state index contributed by atoms with van der Waals surface area (Å²) in [5.74, 6) is 1.08. The standard InChI is InChI=1S/C14H20BrNS/c1-3-7-12(16-10-4-2)11-17-14-9-6-5-8-13(14)15/h3,5-6,8-9,12,16H,1,4,7,10-11H2,2H3. The smallest absolute Gasteiger partial charge is 0.0311 e. The van der Waals surface area contributed by atoms with E-state index in [1.54, 1.807) is 0 Å². The van der Waals surface area contributed by atoms with Crippen LogP contribution in [0.1, 0.15) is 19.8 Å².